The number of rotatable bonds is 3. The first-order chi connectivity index (χ1) is 13.5. The van der Waals surface area contributed by atoms with E-state index in [0.29, 0.717) is 6.54 Å². The maximum Gasteiger partial charge on any atom is 0.271 e. The first-order valence-electron chi connectivity index (χ1n) is 9.03. The lowest BCUT2D eigenvalue weighted by molar-refractivity contribution is -0.673. The van der Waals surface area contributed by atoms with Crippen molar-refractivity contribution in [3.8, 4) is 5.75 Å². The minimum Gasteiger partial charge on any atom is -0.497 e. The Morgan fingerprint density at radius 3 is 2.79 bits per heavy atom. The second-order valence-electron chi connectivity index (χ2n) is 6.50. The molecule has 0 fully saturated rings. The number of methoxy groups -OCH3 is 1. The number of fused-ring (bicyclic) bond motifs is 1. The van der Waals surface area contributed by atoms with E-state index in [0.717, 1.165) is 36.3 Å². The van der Waals surface area contributed by atoms with E-state index in [2.05, 4.69) is 21.6 Å². The number of anilines is 1. The first-order valence-corrected chi connectivity index (χ1v) is 10.7. The second-order valence-corrected chi connectivity index (χ2v) is 8.56. The van der Waals surface area contributed by atoms with Crippen LogP contribution in [-0.2, 0) is 13.6 Å². The minimum absolute atomic E-state index is 0.0615. The molecule has 0 bridgehead atoms. The lowest BCUT2D eigenvalue weighted by Crippen LogP contribution is -2.34. The van der Waals surface area contributed by atoms with Crippen molar-refractivity contribution in [1.29, 1.82) is 0 Å². The zero-order chi connectivity index (χ0) is 19.8. The average molecular weight is 413 g/mol. The van der Waals surface area contributed by atoms with E-state index >= 15 is 0 Å². The molecular formula is C21H22N3O2S2+. The predicted octanol–water partition coefficient (Wildman–Crippen LogP) is 1.90. The van der Waals surface area contributed by atoms with Gasteiger partial charge in [0.15, 0.2) is 6.20 Å². The van der Waals surface area contributed by atoms with Crippen molar-refractivity contribution in [2.45, 2.75) is 18.4 Å². The summed E-state index contributed by atoms with van der Waals surface area (Å²) in [6, 6.07) is 12.1. The maximum atomic E-state index is 13.2. The van der Waals surface area contributed by atoms with Gasteiger partial charge in [-0.15, -0.1) is 11.3 Å². The van der Waals surface area contributed by atoms with Crippen LogP contribution in [0.25, 0.3) is 11.1 Å². The average Bonchev–Trinajstić information content (AvgIpc) is 3.19. The van der Waals surface area contributed by atoms with Crippen LogP contribution in [0.5, 0.6) is 5.75 Å². The normalized spacial score (nSPS) is 15.9. The lowest BCUT2D eigenvalue weighted by Gasteiger charge is -2.13. The van der Waals surface area contributed by atoms with Gasteiger partial charge in [-0.05, 0) is 25.1 Å². The number of ether oxygens (including phenoxy) is 1. The van der Waals surface area contributed by atoms with E-state index in [1.807, 2.05) is 62.1 Å². The van der Waals surface area contributed by atoms with E-state index in [1.54, 1.807) is 30.2 Å². The Balaban J connectivity index is 1.92. The van der Waals surface area contributed by atoms with Crippen molar-refractivity contribution in [3.05, 3.63) is 67.8 Å². The summed E-state index contributed by atoms with van der Waals surface area (Å²) < 4.78 is 11.0. The van der Waals surface area contributed by atoms with E-state index in [-0.39, 0.29) is 5.56 Å². The van der Waals surface area contributed by atoms with Crippen molar-refractivity contribution >= 4 is 39.9 Å². The van der Waals surface area contributed by atoms with Gasteiger partial charge >= 0.3 is 0 Å². The van der Waals surface area contributed by atoms with Crippen LogP contribution in [-0.4, -0.2) is 18.7 Å². The van der Waals surface area contributed by atoms with Crippen molar-refractivity contribution in [3.63, 3.8) is 0 Å². The van der Waals surface area contributed by atoms with Crippen LogP contribution < -0.4 is 29.0 Å². The Bertz CT molecular complexity index is 1230. The highest BCUT2D eigenvalue weighted by atomic mass is 32.2. The third-order valence-electron chi connectivity index (χ3n) is 4.83. The molecule has 2 aromatic heterocycles. The number of aromatic nitrogens is 2. The Morgan fingerprint density at radius 2 is 2.07 bits per heavy atom. The van der Waals surface area contributed by atoms with Gasteiger partial charge in [0.2, 0.25) is 5.69 Å². The van der Waals surface area contributed by atoms with Crippen molar-refractivity contribution in [2.24, 2.45) is 7.05 Å². The van der Waals surface area contributed by atoms with Crippen LogP contribution in [0.1, 0.15) is 12.6 Å². The predicted molar refractivity (Wildman–Crippen MR) is 115 cm³/mol. The zero-order valence-electron chi connectivity index (χ0n) is 16.3. The fourth-order valence-electron chi connectivity index (χ4n) is 3.23. The molecule has 144 valence electrons. The molecule has 1 aliphatic rings. The maximum absolute atomic E-state index is 13.2. The Hall–Kier alpha value is -2.51. The molecular weight excluding hydrogens is 390 g/mol. The van der Waals surface area contributed by atoms with E-state index < -0.39 is 0 Å². The fraction of sp³-hybridized carbons (Fsp3) is 0.238. The number of thiazole rings is 1. The molecule has 0 saturated carbocycles. The number of pyridine rings is 1. The third kappa shape index (κ3) is 3.14. The SMILES string of the molecule is CCn1c(=Cc2cccc[n+]2C)sc(=C2Sc3ccc(OC)cc3N2C)c1=O. The largest absolute Gasteiger partial charge is 0.497 e. The van der Waals surface area contributed by atoms with Crippen LogP contribution >= 0.6 is 23.1 Å². The van der Waals surface area contributed by atoms with E-state index in [9.17, 15) is 4.79 Å². The molecule has 7 heteroatoms. The monoisotopic (exact) mass is 412 g/mol. The molecule has 3 aromatic rings. The van der Waals surface area contributed by atoms with Crippen LogP contribution in [0, 0.1) is 0 Å². The number of aryl methyl sites for hydroxylation is 1. The molecule has 5 nitrogen and oxygen atoms in total. The standard InChI is InChI=1S/C21H22N3O2S2/c1-5-24-18(12-14-8-6-7-11-22(14)2)28-19(20(24)25)21-23(3)16-13-15(26-4)9-10-17(16)27-21/h6-13H,5H2,1-4H3/q+1. The van der Waals surface area contributed by atoms with Crippen molar-refractivity contribution in [2.75, 3.05) is 19.1 Å². The molecule has 0 atom stereocenters. The topological polar surface area (TPSA) is 38.4 Å². The number of thioether (sulfide) groups is 1. The highest BCUT2D eigenvalue weighted by molar-refractivity contribution is 8.08. The van der Waals surface area contributed by atoms with Crippen LogP contribution in [0.4, 0.5) is 5.69 Å². The number of benzene rings is 1. The Morgan fingerprint density at radius 1 is 1.25 bits per heavy atom. The molecule has 0 amide bonds. The van der Waals surface area contributed by atoms with Gasteiger partial charge in [-0.3, -0.25) is 9.36 Å². The van der Waals surface area contributed by atoms with Gasteiger partial charge in [-0.25, -0.2) is 4.57 Å². The number of nitrogens with zero attached hydrogens (tertiary/aromatic N) is 3. The van der Waals surface area contributed by atoms with Crippen molar-refractivity contribution in [1.82, 2.24) is 4.57 Å². The fourth-order valence-corrected chi connectivity index (χ4v) is 5.68. The van der Waals surface area contributed by atoms with E-state index in [1.165, 1.54) is 0 Å². The quantitative estimate of drug-likeness (QED) is 0.616. The zero-order valence-corrected chi connectivity index (χ0v) is 17.9. The summed E-state index contributed by atoms with van der Waals surface area (Å²) >= 11 is 3.18. The molecule has 3 heterocycles. The highest BCUT2D eigenvalue weighted by Gasteiger charge is 2.25. The molecule has 4 rings (SSSR count). The van der Waals surface area contributed by atoms with Gasteiger partial charge in [-0.2, -0.15) is 0 Å². The Kier molecular flexibility index (Phi) is 5.03. The molecule has 1 aromatic carbocycles. The Labute approximate surface area is 171 Å². The van der Waals surface area contributed by atoms with Crippen LogP contribution in [0.2, 0.25) is 0 Å². The lowest BCUT2D eigenvalue weighted by atomic mass is 10.3. The van der Waals surface area contributed by atoms with Gasteiger partial charge in [0.25, 0.3) is 5.56 Å². The third-order valence-corrected chi connectivity index (χ3v) is 7.31. The van der Waals surface area contributed by atoms with Crippen molar-refractivity contribution < 1.29 is 9.30 Å². The molecule has 1 aliphatic heterocycles. The van der Waals surface area contributed by atoms with Gasteiger partial charge in [0.1, 0.15) is 27.0 Å². The van der Waals surface area contributed by atoms with Gasteiger partial charge in [0, 0.05) is 42.8 Å². The molecule has 0 saturated heterocycles. The van der Waals surface area contributed by atoms with Gasteiger partial charge in [0.05, 0.1) is 12.8 Å². The smallest absolute Gasteiger partial charge is 0.271 e. The highest BCUT2D eigenvalue weighted by Crippen LogP contribution is 2.46. The summed E-state index contributed by atoms with van der Waals surface area (Å²) in [4.78, 5) is 16.4. The van der Waals surface area contributed by atoms with Crippen LogP contribution in [0.15, 0.2) is 52.3 Å². The van der Waals surface area contributed by atoms with Crippen LogP contribution in [0.3, 0.4) is 0 Å². The summed E-state index contributed by atoms with van der Waals surface area (Å²) in [5.41, 5.74) is 2.18. The van der Waals surface area contributed by atoms with Gasteiger partial charge in [-0.1, -0.05) is 11.8 Å². The van der Waals surface area contributed by atoms with Gasteiger partial charge < -0.3 is 9.64 Å². The first kappa shape index (κ1) is 18.8. The molecule has 0 aliphatic carbocycles. The molecule has 0 unspecified atom stereocenters. The van der Waals surface area contributed by atoms with E-state index in [4.69, 9.17) is 4.74 Å². The molecule has 28 heavy (non-hydrogen) atoms. The minimum atomic E-state index is 0.0615. The second kappa shape index (κ2) is 7.48. The number of hydrogen-bond acceptors (Lipinski definition) is 5. The molecule has 0 radical (unpaired) electrons. The molecule has 0 N–H and O–H groups in total. The summed E-state index contributed by atoms with van der Waals surface area (Å²) in [6.45, 7) is 2.65. The summed E-state index contributed by atoms with van der Waals surface area (Å²) in [6.07, 6.45) is 4.09. The summed E-state index contributed by atoms with van der Waals surface area (Å²) in [7, 11) is 5.68. The summed E-state index contributed by atoms with van der Waals surface area (Å²) in [5.74, 6) is 0.815. The number of hydrogen-bond donors (Lipinski definition) is 0. The summed E-state index contributed by atoms with van der Waals surface area (Å²) in [5, 5.41) is 0.970. The molecule has 0 spiro atoms.